The predicted molar refractivity (Wildman–Crippen MR) is 82.4 cm³/mol. The zero-order chi connectivity index (χ0) is 15.3. The molecular formula is C15H25N3O2S. The summed E-state index contributed by atoms with van der Waals surface area (Å²) in [5.41, 5.74) is 1.11. The van der Waals surface area contributed by atoms with Crippen molar-refractivity contribution in [3.63, 3.8) is 0 Å². The summed E-state index contributed by atoms with van der Waals surface area (Å²) < 4.78 is 29.0. The highest BCUT2D eigenvalue weighted by molar-refractivity contribution is 7.89. The monoisotopic (exact) mass is 311 g/mol. The van der Waals surface area contributed by atoms with Gasteiger partial charge in [0, 0.05) is 44.6 Å². The van der Waals surface area contributed by atoms with Crippen LogP contribution in [0.4, 0.5) is 0 Å². The van der Waals surface area contributed by atoms with Gasteiger partial charge in [0.2, 0.25) is 10.0 Å². The van der Waals surface area contributed by atoms with E-state index in [0.717, 1.165) is 18.7 Å². The molecule has 21 heavy (non-hydrogen) atoms. The Kier molecular flexibility index (Phi) is 3.66. The SMILES string of the molecule is Cn1cc(S(=O)(=O)N2CCC(C)(C)C2)cc1CNC1CC1. The quantitative estimate of drug-likeness (QED) is 0.900. The van der Waals surface area contributed by atoms with Crippen molar-refractivity contribution in [1.29, 1.82) is 0 Å². The average Bonchev–Trinajstić information content (AvgIpc) is 3.04. The largest absolute Gasteiger partial charge is 0.352 e. The molecule has 118 valence electrons. The number of hydrogen-bond acceptors (Lipinski definition) is 3. The maximum absolute atomic E-state index is 12.7. The van der Waals surface area contributed by atoms with Crippen LogP contribution in [0.5, 0.6) is 0 Å². The highest BCUT2D eigenvalue weighted by Crippen LogP contribution is 2.33. The Labute approximate surface area is 127 Å². The van der Waals surface area contributed by atoms with E-state index in [1.165, 1.54) is 12.8 Å². The number of aromatic nitrogens is 1. The molecule has 1 aromatic heterocycles. The maximum Gasteiger partial charge on any atom is 0.244 e. The highest BCUT2D eigenvalue weighted by Gasteiger charge is 2.37. The minimum Gasteiger partial charge on any atom is -0.352 e. The van der Waals surface area contributed by atoms with E-state index in [2.05, 4.69) is 19.2 Å². The first-order valence-corrected chi connectivity index (χ1v) is 9.11. The summed E-state index contributed by atoms with van der Waals surface area (Å²) in [6.45, 7) is 6.22. The van der Waals surface area contributed by atoms with Crippen molar-refractivity contribution in [2.24, 2.45) is 12.5 Å². The second kappa shape index (κ2) is 5.11. The molecule has 0 radical (unpaired) electrons. The van der Waals surface area contributed by atoms with Crippen LogP contribution in [-0.2, 0) is 23.6 Å². The summed E-state index contributed by atoms with van der Waals surface area (Å²) in [5.74, 6) is 0. The van der Waals surface area contributed by atoms with Gasteiger partial charge < -0.3 is 9.88 Å². The Morgan fingerprint density at radius 3 is 2.67 bits per heavy atom. The molecule has 0 spiro atoms. The Morgan fingerprint density at radius 1 is 1.38 bits per heavy atom. The number of sulfonamides is 1. The fraction of sp³-hybridized carbons (Fsp3) is 0.733. The molecule has 3 rings (SSSR count). The standard InChI is InChI=1S/C15H25N3O2S/c1-15(2)6-7-18(11-15)21(19,20)14-8-13(17(3)10-14)9-16-12-4-5-12/h8,10,12,16H,4-7,9,11H2,1-3H3. The third kappa shape index (κ3) is 3.17. The van der Waals surface area contributed by atoms with Gasteiger partial charge in [-0.3, -0.25) is 0 Å². The summed E-state index contributed by atoms with van der Waals surface area (Å²) >= 11 is 0. The van der Waals surface area contributed by atoms with Crippen LogP contribution in [-0.4, -0.2) is 36.4 Å². The van der Waals surface area contributed by atoms with E-state index in [-0.39, 0.29) is 5.41 Å². The lowest BCUT2D eigenvalue weighted by Crippen LogP contribution is -2.30. The van der Waals surface area contributed by atoms with Crippen LogP contribution in [0.3, 0.4) is 0 Å². The van der Waals surface area contributed by atoms with Gasteiger partial charge in [-0.2, -0.15) is 4.31 Å². The third-order valence-corrected chi connectivity index (χ3v) is 6.32. The minimum absolute atomic E-state index is 0.0816. The molecule has 0 unspecified atom stereocenters. The normalized spacial score (nSPS) is 22.8. The zero-order valence-electron chi connectivity index (χ0n) is 13.1. The maximum atomic E-state index is 12.7. The van der Waals surface area contributed by atoms with Gasteiger partial charge >= 0.3 is 0 Å². The molecule has 1 aliphatic carbocycles. The third-order valence-electron chi connectivity index (χ3n) is 4.51. The van der Waals surface area contributed by atoms with Gasteiger partial charge in [0.1, 0.15) is 4.90 Å². The highest BCUT2D eigenvalue weighted by atomic mass is 32.2. The lowest BCUT2D eigenvalue weighted by molar-refractivity contribution is 0.375. The van der Waals surface area contributed by atoms with E-state index in [4.69, 9.17) is 0 Å². The number of nitrogens with one attached hydrogen (secondary N) is 1. The van der Waals surface area contributed by atoms with Crippen molar-refractivity contribution in [3.05, 3.63) is 18.0 Å². The van der Waals surface area contributed by atoms with Gasteiger partial charge in [0.15, 0.2) is 0 Å². The summed E-state index contributed by atoms with van der Waals surface area (Å²) in [5, 5.41) is 3.43. The molecule has 6 heteroatoms. The van der Waals surface area contributed by atoms with Crippen molar-refractivity contribution < 1.29 is 8.42 Å². The molecule has 5 nitrogen and oxygen atoms in total. The average molecular weight is 311 g/mol. The predicted octanol–water partition coefficient (Wildman–Crippen LogP) is 1.70. The van der Waals surface area contributed by atoms with Crippen molar-refractivity contribution in [1.82, 2.24) is 14.2 Å². The van der Waals surface area contributed by atoms with E-state index >= 15 is 0 Å². The number of hydrogen-bond donors (Lipinski definition) is 1. The molecule has 0 aromatic carbocycles. The Hall–Kier alpha value is -0.850. The van der Waals surface area contributed by atoms with Crippen LogP contribution >= 0.6 is 0 Å². The van der Waals surface area contributed by atoms with Gasteiger partial charge in [-0.25, -0.2) is 8.42 Å². The van der Waals surface area contributed by atoms with Crippen LogP contribution in [0.25, 0.3) is 0 Å². The van der Waals surface area contributed by atoms with E-state index in [0.29, 0.717) is 24.0 Å². The molecule has 1 N–H and O–H groups in total. The molecular weight excluding hydrogens is 286 g/mol. The van der Waals surface area contributed by atoms with Crippen LogP contribution < -0.4 is 5.32 Å². The second-order valence-electron chi connectivity index (χ2n) is 7.19. The van der Waals surface area contributed by atoms with Crippen LogP contribution in [0.2, 0.25) is 0 Å². The molecule has 0 amide bonds. The molecule has 0 bridgehead atoms. The summed E-state index contributed by atoms with van der Waals surface area (Å²) in [7, 11) is -1.44. The van der Waals surface area contributed by atoms with Gasteiger partial charge in [-0.15, -0.1) is 0 Å². The molecule has 1 saturated heterocycles. The lowest BCUT2D eigenvalue weighted by atomic mass is 9.93. The van der Waals surface area contributed by atoms with E-state index < -0.39 is 10.0 Å². The first-order valence-electron chi connectivity index (χ1n) is 7.67. The number of nitrogens with zero attached hydrogens (tertiary/aromatic N) is 2. The minimum atomic E-state index is -3.35. The topological polar surface area (TPSA) is 54.3 Å². The van der Waals surface area contributed by atoms with Gasteiger partial charge in [-0.05, 0) is 30.7 Å². The number of aryl methyl sites for hydroxylation is 1. The van der Waals surface area contributed by atoms with Gasteiger partial charge in [-0.1, -0.05) is 13.8 Å². The molecule has 2 aliphatic rings. The van der Waals surface area contributed by atoms with Crippen molar-refractivity contribution in [2.75, 3.05) is 13.1 Å². The fourth-order valence-electron chi connectivity index (χ4n) is 2.85. The smallest absolute Gasteiger partial charge is 0.244 e. The zero-order valence-corrected chi connectivity index (χ0v) is 13.9. The molecule has 2 fully saturated rings. The second-order valence-corrected chi connectivity index (χ2v) is 9.12. The lowest BCUT2D eigenvalue weighted by Gasteiger charge is -2.19. The van der Waals surface area contributed by atoms with Crippen molar-refractivity contribution >= 4 is 10.0 Å². The molecule has 1 saturated carbocycles. The van der Waals surface area contributed by atoms with Crippen molar-refractivity contribution in [2.45, 2.75) is 50.6 Å². The van der Waals surface area contributed by atoms with Crippen LogP contribution in [0.1, 0.15) is 38.8 Å². The molecule has 1 aromatic rings. The van der Waals surface area contributed by atoms with E-state index in [1.54, 1.807) is 10.5 Å². The van der Waals surface area contributed by atoms with E-state index in [9.17, 15) is 8.42 Å². The first kappa shape index (κ1) is 15.1. The summed E-state index contributed by atoms with van der Waals surface area (Å²) in [6.07, 6.45) is 5.14. The molecule has 0 atom stereocenters. The van der Waals surface area contributed by atoms with Crippen molar-refractivity contribution in [3.8, 4) is 0 Å². The Balaban J connectivity index is 1.77. The van der Waals surface area contributed by atoms with Gasteiger partial charge in [0.05, 0.1) is 0 Å². The molecule has 1 aliphatic heterocycles. The first-order chi connectivity index (χ1) is 9.78. The number of rotatable bonds is 5. The van der Waals surface area contributed by atoms with E-state index in [1.807, 2.05) is 17.7 Å². The van der Waals surface area contributed by atoms with Crippen LogP contribution in [0.15, 0.2) is 17.2 Å². The van der Waals surface area contributed by atoms with Crippen LogP contribution in [0, 0.1) is 5.41 Å². The van der Waals surface area contributed by atoms with Gasteiger partial charge in [0.25, 0.3) is 0 Å². The summed E-state index contributed by atoms with van der Waals surface area (Å²) in [6, 6.07) is 2.44. The molecule has 2 heterocycles. The fourth-order valence-corrected chi connectivity index (χ4v) is 4.57. The Morgan fingerprint density at radius 2 is 2.10 bits per heavy atom. The summed E-state index contributed by atoms with van der Waals surface area (Å²) in [4.78, 5) is 0.426. The Bertz CT molecular complexity index is 629.